The predicted molar refractivity (Wildman–Crippen MR) is 89.7 cm³/mol. The summed E-state index contributed by atoms with van der Waals surface area (Å²) < 4.78 is 7.27. The molecule has 5 rings (SSSR count). The molecule has 1 aromatic heterocycles. The zero-order valence-electron chi connectivity index (χ0n) is 13.6. The standard InChI is InChI=1S/C18H22N4O2/c23-18(19-17-12-21-9-6-14(17)7-10-21)16-8-11-22(20-16)13-24-15-4-2-1-3-5-15/h1-5,8,11,14,17H,6-7,9-10,12-13H2,(H,19,23). The Morgan fingerprint density at radius 1 is 1.21 bits per heavy atom. The Hall–Kier alpha value is -2.34. The van der Waals surface area contributed by atoms with Crippen molar-refractivity contribution in [2.24, 2.45) is 5.92 Å². The van der Waals surface area contributed by atoms with Crippen molar-refractivity contribution in [3.05, 3.63) is 48.3 Å². The minimum Gasteiger partial charge on any atom is -0.471 e. The van der Waals surface area contributed by atoms with Crippen LogP contribution in [0.3, 0.4) is 0 Å². The normalized spacial score (nSPS) is 25.4. The quantitative estimate of drug-likeness (QED) is 0.909. The van der Waals surface area contributed by atoms with Crippen LogP contribution in [0.2, 0.25) is 0 Å². The van der Waals surface area contributed by atoms with Gasteiger partial charge in [-0.1, -0.05) is 18.2 Å². The van der Waals surface area contributed by atoms with Crippen molar-refractivity contribution >= 4 is 5.91 Å². The lowest BCUT2D eigenvalue weighted by Gasteiger charge is -2.44. The van der Waals surface area contributed by atoms with E-state index in [2.05, 4.69) is 15.3 Å². The number of aromatic nitrogens is 2. The van der Waals surface area contributed by atoms with Crippen LogP contribution in [0.25, 0.3) is 0 Å². The maximum Gasteiger partial charge on any atom is 0.272 e. The number of piperidine rings is 3. The van der Waals surface area contributed by atoms with Crippen molar-refractivity contribution < 1.29 is 9.53 Å². The molecule has 1 amide bonds. The van der Waals surface area contributed by atoms with Crippen LogP contribution in [0.4, 0.5) is 0 Å². The third-order valence-corrected chi connectivity index (χ3v) is 4.95. The number of hydrogen-bond acceptors (Lipinski definition) is 4. The number of rotatable bonds is 5. The fraction of sp³-hybridized carbons (Fsp3) is 0.444. The molecule has 1 aromatic carbocycles. The van der Waals surface area contributed by atoms with E-state index < -0.39 is 0 Å². The lowest BCUT2D eigenvalue weighted by Crippen LogP contribution is -2.57. The molecule has 3 saturated heterocycles. The molecule has 0 aliphatic carbocycles. The first-order valence-electron chi connectivity index (χ1n) is 8.52. The van der Waals surface area contributed by atoms with Gasteiger partial charge in [0.25, 0.3) is 5.91 Å². The molecular weight excluding hydrogens is 304 g/mol. The first-order chi connectivity index (χ1) is 11.8. The largest absolute Gasteiger partial charge is 0.471 e. The molecule has 3 aliphatic heterocycles. The number of amides is 1. The number of carbonyl (C=O) groups is 1. The molecular formula is C18H22N4O2. The predicted octanol–water partition coefficient (Wildman–Crippen LogP) is 1.74. The van der Waals surface area contributed by atoms with Gasteiger partial charge in [0.2, 0.25) is 0 Å². The van der Waals surface area contributed by atoms with Gasteiger partial charge in [0.15, 0.2) is 6.73 Å². The molecule has 1 N–H and O–H groups in total. The Labute approximate surface area is 141 Å². The van der Waals surface area contributed by atoms with Crippen molar-refractivity contribution in [1.82, 2.24) is 20.0 Å². The summed E-state index contributed by atoms with van der Waals surface area (Å²) in [7, 11) is 0. The van der Waals surface area contributed by atoms with Crippen molar-refractivity contribution in [2.45, 2.75) is 25.6 Å². The van der Waals surface area contributed by atoms with Crippen LogP contribution in [0.5, 0.6) is 5.75 Å². The molecule has 6 nitrogen and oxygen atoms in total. The molecule has 3 fully saturated rings. The van der Waals surface area contributed by atoms with E-state index >= 15 is 0 Å². The monoisotopic (exact) mass is 326 g/mol. The Balaban J connectivity index is 1.33. The molecule has 4 heterocycles. The highest BCUT2D eigenvalue weighted by atomic mass is 16.5. The Kier molecular flexibility index (Phi) is 4.21. The minimum absolute atomic E-state index is 0.0905. The van der Waals surface area contributed by atoms with E-state index in [9.17, 15) is 4.79 Å². The molecule has 6 heteroatoms. The van der Waals surface area contributed by atoms with Crippen LogP contribution in [0.15, 0.2) is 42.6 Å². The number of fused-ring (bicyclic) bond motifs is 3. The summed E-state index contributed by atoms with van der Waals surface area (Å²) in [5.41, 5.74) is 0.447. The van der Waals surface area contributed by atoms with Crippen LogP contribution >= 0.6 is 0 Å². The Morgan fingerprint density at radius 3 is 2.71 bits per heavy atom. The third-order valence-electron chi connectivity index (χ3n) is 4.95. The fourth-order valence-electron chi connectivity index (χ4n) is 3.58. The van der Waals surface area contributed by atoms with Gasteiger partial charge in [-0.05, 0) is 50.0 Å². The van der Waals surface area contributed by atoms with E-state index in [1.165, 1.54) is 25.9 Å². The number of para-hydroxylation sites is 1. The molecule has 3 aliphatic rings. The average molecular weight is 326 g/mol. The van der Waals surface area contributed by atoms with Crippen molar-refractivity contribution in [1.29, 1.82) is 0 Å². The number of nitrogens with one attached hydrogen (secondary N) is 1. The van der Waals surface area contributed by atoms with E-state index in [0.29, 0.717) is 11.6 Å². The van der Waals surface area contributed by atoms with Crippen LogP contribution in [0.1, 0.15) is 23.3 Å². The fourth-order valence-corrected chi connectivity index (χ4v) is 3.58. The van der Waals surface area contributed by atoms with E-state index in [-0.39, 0.29) is 18.7 Å². The molecule has 0 spiro atoms. The summed E-state index contributed by atoms with van der Waals surface area (Å²) in [4.78, 5) is 14.9. The van der Waals surface area contributed by atoms with Gasteiger partial charge in [0, 0.05) is 18.8 Å². The molecule has 0 radical (unpaired) electrons. The second kappa shape index (κ2) is 6.65. The number of hydrogen-bond donors (Lipinski definition) is 1. The molecule has 24 heavy (non-hydrogen) atoms. The highest BCUT2D eigenvalue weighted by Gasteiger charge is 2.35. The summed E-state index contributed by atoms with van der Waals surface area (Å²) in [6.07, 6.45) is 4.14. The van der Waals surface area contributed by atoms with Gasteiger partial charge in [-0.2, -0.15) is 5.10 Å². The number of carbonyl (C=O) groups excluding carboxylic acids is 1. The minimum atomic E-state index is -0.0905. The van der Waals surface area contributed by atoms with Crippen molar-refractivity contribution in [3.63, 3.8) is 0 Å². The zero-order valence-corrected chi connectivity index (χ0v) is 13.6. The lowest BCUT2D eigenvalue weighted by molar-refractivity contribution is 0.0617. The molecule has 1 atom stereocenters. The topological polar surface area (TPSA) is 59.4 Å². The maximum atomic E-state index is 12.4. The van der Waals surface area contributed by atoms with Gasteiger partial charge >= 0.3 is 0 Å². The second-order valence-electron chi connectivity index (χ2n) is 6.54. The summed E-state index contributed by atoms with van der Waals surface area (Å²) in [5.74, 6) is 1.31. The summed E-state index contributed by atoms with van der Waals surface area (Å²) in [6, 6.07) is 11.6. The first kappa shape index (κ1) is 15.2. The zero-order chi connectivity index (χ0) is 16.4. The van der Waals surface area contributed by atoms with Crippen LogP contribution in [0, 0.1) is 5.92 Å². The first-order valence-corrected chi connectivity index (χ1v) is 8.52. The Morgan fingerprint density at radius 2 is 2.00 bits per heavy atom. The van der Waals surface area contributed by atoms with E-state index in [4.69, 9.17) is 4.74 Å². The molecule has 1 unspecified atom stereocenters. The van der Waals surface area contributed by atoms with Gasteiger partial charge in [-0.15, -0.1) is 0 Å². The lowest BCUT2D eigenvalue weighted by atomic mass is 9.84. The van der Waals surface area contributed by atoms with E-state index in [1.54, 1.807) is 16.9 Å². The number of benzene rings is 1. The highest BCUT2D eigenvalue weighted by Crippen LogP contribution is 2.27. The highest BCUT2D eigenvalue weighted by molar-refractivity contribution is 5.92. The van der Waals surface area contributed by atoms with Gasteiger partial charge in [0.05, 0.1) is 0 Å². The van der Waals surface area contributed by atoms with Gasteiger partial charge in [-0.25, -0.2) is 4.68 Å². The number of ether oxygens (including phenoxy) is 1. The van der Waals surface area contributed by atoms with Crippen molar-refractivity contribution in [2.75, 3.05) is 19.6 Å². The summed E-state index contributed by atoms with van der Waals surface area (Å²) in [5, 5.41) is 7.48. The van der Waals surface area contributed by atoms with Crippen LogP contribution < -0.4 is 10.1 Å². The van der Waals surface area contributed by atoms with E-state index in [0.717, 1.165) is 12.3 Å². The molecule has 2 bridgehead atoms. The summed E-state index contributed by atoms with van der Waals surface area (Å²) >= 11 is 0. The average Bonchev–Trinajstić information content (AvgIpc) is 3.11. The maximum absolute atomic E-state index is 12.4. The van der Waals surface area contributed by atoms with Gasteiger partial charge < -0.3 is 15.0 Å². The molecule has 0 saturated carbocycles. The van der Waals surface area contributed by atoms with Gasteiger partial charge in [0.1, 0.15) is 11.4 Å². The second-order valence-corrected chi connectivity index (χ2v) is 6.54. The van der Waals surface area contributed by atoms with Crippen LogP contribution in [-0.4, -0.2) is 46.3 Å². The molecule has 2 aromatic rings. The number of nitrogens with zero attached hydrogens (tertiary/aromatic N) is 3. The SMILES string of the molecule is O=C(NC1CN2CCC1CC2)c1ccn(COc2ccccc2)n1. The summed E-state index contributed by atoms with van der Waals surface area (Å²) in [6.45, 7) is 3.59. The smallest absolute Gasteiger partial charge is 0.272 e. The van der Waals surface area contributed by atoms with Gasteiger partial charge in [-0.3, -0.25) is 4.79 Å². The van der Waals surface area contributed by atoms with Crippen molar-refractivity contribution in [3.8, 4) is 5.75 Å². The third kappa shape index (κ3) is 3.28. The molecule has 126 valence electrons. The Bertz CT molecular complexity index is 692. The van der Waals surface area contributed by atoms with E-state index in [1.807, 2.05) is 30.3 Å². The van der Waals surface area contributed by atoms with Crippen LogP contribution in [-0.2, 0) is 6.73 Å².